The largest absolute Gasteiger partial charge is 0.176 e. The van der Waals surface area contributed by atoms with Crippen LogP contribution in [0.4, 0.5) is 0 Å². The van der Waals surface area contributed by atoms with Crippen molar-refractivity contribution in [2.45, 2.75) is 221 Å². The normalized spacial score (nSPS) is 17.9. The van der Waals surface area contributed by atoms with E-state index in [1.54, 1.807) is 65.3 Å². The van der Waals surface area contributed by atoms with Gasteiger partial charge in [-0.05, 0) is 169 Å². The number of hydrogen-bond acceptors (Lipinski definition) is 0. The molecule has 361 valence electrons. The summed E-state index contributed by atoms with van der Waals surface area (Å²) < 4.78 is 0. The van der Waals surface area contributed by atoms with Crippen molar-refractivity contribution in [3.63, 3.8) is 0 Å². The van der Waals surface area contributed by atoms with Crippen molar-refractivity contribution in [2.24, 2.45) is 0 Å². The first-order chi connectivity index (χ1) is 31.9. The summed E-state index contributed by atoms with van der Waals surface area (Å²) in [5.41, 5.74) is 22.0. The zero-order valence-corrected chi connectivity index (χ0v) is 48.7. The molecule has 7 aromatic rings. The molecule has 0 saturated carbocycles. The molecule has 0 bridgehead atoms. The summed E-state index contributed by atoms with van der Waals surface area (Å²) in [5.74, 6) is 2.61. The van der Waals surface area contributed by atoms with Gasteiger partial charge >= 0.3 is 0 Å². The lowest BCUT2D eigenvalue weighted by Crippen LogP contribution is -2.54. The van der Waals surface area contributed by atoms with E-state index in [1.165, 1.54) is 54.9 Å². The van der Waals surface area contributed by atoms with Crippen molar-refractivity contribution < 1.29 is 0 Å². The van der Waals surface area contributed by atoms with Gasteiger partial charge < -0.3 is 0 Å². The van der Waals surface area contributed by atoms with Gasteiger partial charge in [-0.15, -0.1) is 16.6 Å². The Labute approximate surface area is 415 Å². The number of hydrogen-bond donors (Lipinski definition) is 0. The third kappa shape index (κ3) is 6.46. The van der Waals surface area contributed by atoms with Gasteiger partial charge in [0.2, 0.25) is 0 Å². The molecule has 0 aromatic heterocycles. The lowest BCUT2D eigenvalue weighted by molar-refractivity contribution is 0.806. The lowest BCUT2D eigenvalue weighted by atomic mass is 9.76. The van der Waals surface area contributed by atoms with Crippen LogP contribution in [0.1, 0.15) is 243 Å². The molecule has 2 aliphatic rings. The molecule has 9 rings (SSSR count). The summed E-state index contributed by atoms with van der Waals surface area (Å²) in [5, 5.41) is 15.8. The van der Waals surface area contributed by atoms with Crippen LogP contribution in [-0.2, 0) is 0 Å². The van der Waals surface area contributed by atoms with Crippen LogP contribution in [0.3, 0.4) is 0 Å². The van der Waals surface area contributed by atoms with Crippen LogP contribution in [0.25, 0.3) is 65.3 Å². The summed E-state index contributed by atoms with van der Waals surface area (Å²) in [6.07, 6.45) is 0. The van der Waals surface area contributed by atoms with Crippen LogP contribution >= 0.6 is 0 Å². The van der Waals surface area contributed by atoms with Crippen LogP contribution in [-0.4, -0.2) is 16.1 Å². The Hall–Kier alpha value is -3.73. The van der Waals surface area contributed by atoms with E-state index in [0.717, 1.165) is 0 Å². The Balaban J connectivity index is 1.58. The summed E-state index contributed by atoms with van der Waals surface area (Å²) in [6, 6.07) is 26.8. The monoisotopic (exact) mass is 937 g/mol. The van der Waals surface area contributed by atoms with Gasteiger partial charge in [0.05, 0.1) is 8.07 Å². The van der Waals surface area contributed by atoms with Crippen LogP contribution in [0.2, 0.25) is 22.2 Å². The fraction of sp³-hybridized carbons (Fsp3) is 0.515. The molecule has 0 spiro atoms. The molecular weight excluding hydrogens is 849 g/mol. The van der Waals surface area contributed by atoms with Crippen LogP contribution in [0, 0.1) is 0 Å². The lowest BCUT2D eigenvalue weighted by Gasteiger charge is -2.53. The zero-order chi connectivity index (χ0) is 49.7. The van der Waals surface area contributed by atoms with E-state index in [1.807, 2.05) is 0 Å². The molecule has 2 aliphatic heterocycles. The van der Waals surface area contributed by atoms with E-state index < -0.39 is 16.1 Å². The van der Waals surface area contributed by atoms with Crippen molar-refractivity contribution in [1.29, 1.82) is 0 Å². The van der Waals surface area contributed by atoms with Gasteiger partial charge in [0.15, 0.2) is 0 Å². The van der Waals surface area contributed by atoms with E-state index >= 15 is 0 Å². The topological polar surface area (TPSA) is 0 Å². The maximum atomic E-state index is 2.79. The summed E-state index contributed by atoms with van der Waals surface area (Å²) in [6.45, 7) is 55.2. The van der Waals surface area contributed by atoms with Gasteiger partial charge in [-0.3, -0.25) is 0 Å². The zero-order valence-electron chi connectivity index (χ0n) is 46.7. The second-order valence-corrected chi connectivity index (χ2v) is 36.8. The van der Waals surface area contributed by atoms with Gasteiger partial charge in [0, 0.05) is 0 Å². The Kier molecular flexibility index (Phi) is 12.3. The minimum Gasteiger partial charge on any atom is -0.176 e. The minimum absolute atomic E-state index is 0.412. The molecule has 2 heterocycles. The fourth-order valence-electron chi connectivity index (χ4n) is 16.1. The van der Waals surface area contributed by atoms with E-state index in [2.05, 4.69) is 213 Å². The molecule has 2 heteroatoms. The highest BCUT2D eigenvalue weighted by Crippen LogP contribution is 2.60. The maximum Gasteiger partial charge on any atom is 0.0996 e. The average Bonchev–Trinajstić information content (AvgIpc) is 3.70. The highest BCUT2D eigenvalue weighted by molar-refractivity contribution is 6.99. The average molecular weight is 938 g/mol. The number of fused-ring (bicyclic) bond motifs is 2. The third-order valence-corrected chi connectivity index (χ3v) is 32.9. The predicted octanol–water partition coefficient (Wildman–Crippen LogP) is 20.1. The SMILES string of the molecule is CC(C)c1cc(C(C)C)c(-c2cc3c4ccc5c6c(c(-c7c(C(C)C)cc(C(C)C)cc7C(C)C)cc(c7ccc8c(c2C(C)[Si]8(C(C)C)C(C)C)c37)c64)C(C)[Si-]5(C(C)C)C(C)C)c(C(C)C)c1. The first-order valence-corrected chi connectivity index (χ1v) is 32.0. The molecule has 0 N–H and O–H groups in total. The highest BCUT2D eigenvalue weighted by Gasteiger charge is 2.53. The van der Waals surface area contributed by atoms with Crippen molar-refractivity contribution in [3.8, 4) is 22.3 Å². The molecule has 7 aromatic carbocycles. The molecule has 0 saturated heterocycles. The van der Waals surface area contributed by atoms with Crippen LogP contribution in [0.15, 0.2) is 60.7 Å². The summed E-state index contributed by atoms with van der Waals surface area (Å²) in [4.78, 5) is 0. The van der Waals surface area contributed by atoms with Crippen molar-refractivity contribution in [3.05, 3.63) is 105 Å². The van der Waals surface area contributed by atoms with Crippen molar-refractivity contribution in [2.75, 3.05) is 0 Å². The molecule has 0 radical (unpaired) electrons. The maximum absolute atomic E-state index is 2.79. The first-order valence-electron chi connectivity index (χ1n) is 27.5. The number of rotatable bonds is 12. The second-order valence-electron chi connectivity index (χ2n) is 25.6. The molecule has 0 fully saturated rings. The Morgan fingerprint density at radius 2 is 0.779 bits per heavy atom. The highest BCUT2D eigenvalue weighted by atomic mass is 28.3. The molecule has 0 aliphatic carbocycles. The van der Waals surface area contributed by atoms with E-state index in [-0.39, 0.29) is 0 Å². The molecule has 2 unspecified atom stereocenters. The van der Waals surface area contributed by atoms with E-state index in [9.17, 15) is 0 Å². The van der Waals surface area contributed by atoms with Gasteiger partial charge in [-0.2, -0.15) is 5.19 Å². The molecule has 0 nitrogen and oxygen atoms in total. The molecular formula is C66H88Si2-. The molecule has 0 amide bonds. The summed E-state index contributed by atoms with van der Waals surface area (Å²) >= 11 is 0. The quantitative estimate of drug-likeness (QED) is 0.0651. The first kappa shape index (κ1) is 49.3. The van der Waals surface area contributed by atoms with Gasteiger partial charge in [0.25, 0.3) is 0 Å². The Bertz CT molecular complexity index is 2840. The van der Waals surface area contributed by atoms with E-state index in [4.69, 9.17) is 0 Å². The predicted molar refractivity (Wildman–Crippen MR) is 311 cm³/mol. The second kappa shape index (κ2) is 17.0. The van der Waals surface area contributed by atoms with Crippen LogP contribution < -0.4 is 10.4 Å². The summed E-state index contributed by atoms with van der Waals surface area (Å²) in [7, 11) is -4.28. The standard InChI is InChI=1S/C66H88Si2/c1-33(2)45-27-49(35(5)6)61(50(28-45)36(7)8)55-31-53-47-23-26-58-66-60(44(22)68(58,41(17)18)42(19)20)56(62-51(37(9)10)29-46(34(3)4)30-52(62)38(11)12)32-54(64(47)66)48-24-25-57-65(63(48)53)59(55)43(21)67(57,39(13)14)40(15)16/h23-44H,1-22H3/q-1. The van der Waals surface area contributed by atoms with Crippen molar-refractivity contribution in [1.82, 2.24) is 0 Å². The fourth-order valence-corrected chi connectivity index (χ4v) is 29.9. The third-order valence-electron chi connectivity index (χ3n) is 19.1. The van der Waals surface area contributed by atoms with Crippen LogP contribution in [0.5, 0.6) is 0 Å². The smallest absolute Gasteiger partial charge is 0.0996 e. The van der Waals surface area contributed by atoms with Gasteiger partial charge in [-0.1, -0.05) is 220 Å². The van der Waals surface area contributed by atoms with Gasteiger partial charge in [-0.25, -0.2) is 0 Å². The van der Waals surface area contributed by atoms with Gasteiger partial charge in [0.1, 0.15) is 0 Å². The molecule has 68 heavy (non-hydrogen) atoms. The number of benzene rings is 7. The van der Waals surface area contributed by atoms with E-state index in [0.29, 0.717) is 68.8 Å². The van der Waals surface area contributed by atoms with Crippen molar-refractivity contribution >= 4 is 69.6 Å². The minimum atomic E-state index is -2.14. The Morgan fingerprint density at radius 3 is 1.15 bits per heavy atom. The molecule has 2 atom stereocenters. The Morgan fingerprint density at radius 1 is 0.397 bits per heavy atom.